The molecule has 0 aromatic heterocycles. The average molecular weight is 560 g/mol. The van der Waals surface area contributed by atoms with Gasteiger partial charge in [-0.1, -0.05) is 6.92 Å². The number of fused-ring (bicyclic) bond motifs is 1. The van der Waals surface area contributed by atoms with Gasteiger partial charge in [0.2, 0.25) is 21.8 Å². The summed E-state index contributed by atoms with van der Waals surface area (Å²) in [5.74, 6) is 0.547. The smallest absolute Gasteiger partial charge is 0.242 e. The Morgan fingerprint density at radius 3 is 2.54 bits per heavy atom. The highest BCUT2D eigenvalue weighted by Crippen LogP contribution is 2.33. The summed E-state index contributed by atoms with van der Waals surface area (Å²) in [6.45, 7) is 3.77. The van der Waals surface area contributed by atoms with Gasteiger partial charge in [-0.2, -0.15) is 4.31 Å². The lowest BCUT2D eigenvalue weighted by Gasteiger charge is -2.33. The highest BCUT2D eigenvalue weighted by molar-refractivity contribution is 7.89. The van der Waals surface area contributed by atoms with Crippen LogP contribution in [0, 0.1) is 11.8 Å². The normalized spacial score (nSPS) is 20.8. The lowest BCUT2D eigenvalue weighted by molar-refractivity contribution is -0.134. The van der Waals surface area contributed by atoms with Crippen molar-refractivity contribution in [3.8, 4) is 11.5 Å². The van der Waals surface area contributed by atoms with Crippen molar-refractivity contribution in [3.05, 3.63) is 48.0 Å². The Balaban J connectivity index is 1.63. The van der Waals surface area contributed by atoms with Gasteiger partial charge in [-0.15, -0.1) is 0 Å². The molecule has 39 heavy (non-hydrogen) atoms. The molecule has 11 heteroatoms. The van der Waals surface area contributed by atoms with Crippen LogP contribution in [0.5, 0.6) is 11.5 Å². The first kappa shape index (κ1) is 28.8. The maximum atomic E-state index is 13.4. The summed E-state index contributed by atoms with van der Waals surface area (Å²) in [4.78, 5) is 27.4. The zero-order chi connectivity index (χ0) is 28.3. The minimum atomic E-state index is -3.83. The number of aliphatic hydroxyl groups is 1. The number of nitrogens with zero attached hydrogens (tertiary/aromatic N) is 2. The molecule has 2 aromatic carbocycles. The first-order valence-electron chi connectivity index (χ1n) is 13.1. The van der Waals surface area contributed by atoms with Crippen LogP contribution in [0.2, 0.25) is 0 Å². The van der Waals surface area contributed by atoms with Crippen molar-refractivity contribution in [2.24, 2.45) is 11.8 Å². The van der Waals surface area contributed by atoms with E-state index >= 15 is 0 Å². The summed E-state index contributed by atoms with van der Waals surface area (Å²) < 4.78 is 39.5. The number of benzene rings is 2. The summed E-state index contributed by atoms with van der Waals surface area (Å²) >= 11 is 0. The largest absolute Gasteiger partial charge is 0.497 e. The number of amides is 2. The second-order valence-electron chi connectivity index (χ2n) is 10.4. The quantitative estimate of drug-likeness (QED) is 0.484. The summed E-state index contributed by atoms with van der Waals surface area (Å²) in [6.07, 6.45) is 1.16. The number of ether oxygens (including phenoxy) is 2. The first-order chi connectivity index (χ1) is 18.5. The molecule has 1 fully saturated rings. The Labute approximate surface area is 229 Å². The van der Waals surface area contributed by atoms with Crippen molar-refractivity contribution in [2.75, 3.05) is 39.2 Å². The van der Waals surface area contributed by atoms with E-state index in [4.69, 9.17) is 9.47 Å². The molecule has 1 saturated carbocycles. The topological polar surface area (TPSA) is 125 Å². The third kappa shape index (κ3) is 6.71. The maximum Gasteiger partial charge on any atom is 0.242 e. The number of nitrogens with one attached hydrogen (secondary N) is 1. The molecule has 0 bridgehead atoms. The van der Waals surface area contributed by atoms with Gasteiger partial charge < -0.3 is 24.8 Å². The SMILES string of the molecule is COc1ccc(S(=O)(=O)N(C)C[C@@H]2Oc3ccc(NC(=O)C4CC4)cc3CC(=O)N([C@H](C)CO)C[C@H]2C)cc1. The number of carbonyl (C=O) groups is 2. The molecule has 0 spiro atoms. The van der Waals surface area contributed by atoms with Crippen LogP contribution in [0.3, 0.4) is 0 Å². The van der Waals surface area contributed by atoms with Crippen LogP contribution in [0.15, 0.2) is 47.4 Å². The molecule has 2 aliphatic rings. The molecule has 0 radical (unpaired) electrons. The van der Waals surface area contributed by atoms with E-state index in [1.807, 2.05) is 6.92 Å². The minimum Gasteiger partial charge on any atom is -0.497 e. The van der Waals surface area contributed by atoms with E-state index in [0.29, 0.717) is 22.7 Å². The Morgan fingerprint density at radius 1 is 1.23 bits per heavy atom. The molecule has 1 heterocycles. The van der Waals surface area contributed by atoms with Gasteiger partial charge in [-0.25, -0.2) is 8.42 Å². The molecular weight excluding hydrogens is 522 g/mol. The highest BCUT2D eigenvalue weighted by atomic mass is 32.2. The van der Waals surface area contributed by atoms with Crippen molar-refractivity contribution < 1.29 is 32.6 Å². The maximum absolute atomic E-state index is 13.4. The van der Waals surface area contributed by atoms with E-state index < -0.39 is 22.2 Å². The van der Waals surface area contributed by atoms with Gasteiger partial charge in [0.25, 0.3) is 0 Å². The molecule has 2 aromatic rings. The number of hydrogen-bond donors (Lipinski definition) is 2. The fourth-order valence-electron chi connectivity index (χ4n) is 4.59. The first-order valence-corrected chi connectivity index (χ1v) is 14.6. The van der Waals surface area contributed by atoms with E-state index in [-0.39, 0.29) is 54.7 Å². The molecule has 2 N–H and O–H groups in total. The molecular formula is C28H37N3O7S. The summed E-state index contributed by atoms with van der Waals surface area (Å²) in [7, 11) is -0.820. The number of carbonyl (C=O) groups excluding carboxylic acids is 2. The Hall–Kier alpha value is -3.15. The van der Waals surface area contributed by atoms with E-state index in [9.17, 15) is 23.1 Å². The van der Waals surface area contributed by atoms with Crippen molar-refractivity contribution in [1.29, 1.82) is 0 Å². The van der Waals surface area contributed by atoms with Crippen LogP contribution >= 0.6 is 0 Å². The molecule has 212 valence electrons. The second-order valence-corrected chi connectivity index (χ2v) is 12.5. The molecule has 1 aliphatic heterocycles. The van der Waals surface area contributed by atoms with Gasteiger partial charge in [0.15, 0.2) is 0 Å². The number of anilines is 1. The van der Waals surface area contributed by atoms with Crippen molar-refractivity contribution in [3.63, 3.8) is 0 Å². The predicted molar refractivity (Wildman–Crippen MR) is 146 cm³/mol. The molecule has 0 saturated heterocycles. The number of hydrogen-bond acceptors (Lipinski definition) is 7. The number of rotatable bonds is 9. The fourth-order valence-corrected chi connectivity index (χ4v) is 5.78. The Bertz CT molecular complexity index is 1290. The predicted octanol–water partition coefficient (Wildman–Crippen LogP) is 2.51. The summed E-state index contributed by atoms with van der Waals surface area (Å²) in [5.41, 5.74) is 1.16. The number of methoxy groups -OCH3 is 1. The van der Waals surface area contributed by atoms with Gasteiger partial charge in [0, 0.05) is 36.7 Å². The van der Waals surface area contributed by atoms with Crippen LogP contribution in [0.4, 0.5) is 5.69 Å². The van der Waals surface area contributed by atoms with E-state index in [1.54, 1.807) is 42.2 Å². The van der Waals surface area contributed by atoms with Crippen LogP contribution in [-0.4, -0.2) is 80.5 Å². The lowest BCUT2D eigenvalue weighted by Crippen LogP contribution is -2.48. The van der Waals surface area contributed by atoms with Gasteiger partial charge >= 0.3 is 0 Å². The zero-order valence-electron chi connectivity index (χ0n) is 22.8. The highest BCUT2D eigenvalue weighted by Gasteiger charge is 2.34. The third-order valence-corrected chi connectivity index (χ3v) is 9.17. The standard InChI is InChI=1S/C28H37N3O7S/c1-18-15-31(19(2)17-32)27(33)14-21-13-22(29-28(34)20-5-6-20)7-12-25(21)38-26(18)16-30(3)39(35,36)24-10-8-23(37-4)9-11-24/h7-13,18-20,26,32H,5-6,14-17H2,1-4H3,(H,29,34)/t18-,19-,26+/m1/s1. The third-order valence-electron chi connectivity index (χ3n) is 7.34. The molecule has 0 unspecified atom stereocenters. The Morgan fingerprint density at radius 2 is 1.92 bits per heavy atom. The van der Waals surface area contributed by atoms with Gasteiger partial charge in [-0.3, -0.25) is 9.59 Å². The molecule has 4 rings (SSSR count). The zero-order valence-corrected chi connectivity index (χ0v) is 23.6. The van der Waals surface area contributed by atoms with Gasteiger partial charge in [0.05, 0.1) is 37.6 Å². The molecule has 1 aliphatic carbocycles. The molecule has 10 nitrogen and oxygen atoms in total. The summed E-state index contributed by atoms with van der Waals surface area (Å²) in [6, 6.07) is 10.9. The average Bonchev–Trinajstić information content (AvgIpc) is 3.77. The minimum absolute atomic E-state index is 0.0201. The Kier molecular flexibility index (Phi) is 8.83. The molecule has 2 amide bonds. The van der Waals surface area contributed by atoms with Crippen LogP contribution in [-0.2, 0) is 26.0 Å². The van der Waals surface area contributed by atoms with Crippen molar-refractivity contribution in [2.45, 2.75) is 50.2 Å². The van der Waals surface area contributed by atoms with Gasteiger partial charge in [0.1, 0.15) is 17.6 Å². The number of sulfonamides is 1. The van der Waals surface area contributed by atoms with E-state index in [2.05, 4.69) is 5.32 Å². The number of likely N-dealkylation sites (N-methyl/N-ethyl adjacent to an activating group) is 1. The van der Waals surface area contributed by atoms with Crippen LogP contribution < -0.4 is 14.8 Å². The van der Waals surface area contributed by atoms with Gasteiger partial charge in [-0.05, 0) is 62.2 Å². The van der Waals surface area contributed by atoms with Crippen molar-refractivity contribution in [1.82, 2.24) is 9.21 Å². The lowest BCUT2D eigenvalue weighted by atomic mass is 10.0. The molecule has 3 atom stereocenters. The monoisotopic (exact) mass is 559 g/mol. The van der Waals surface area contributed by atoms with Crippen LogP contribution in [0.25, 0.3) is 0 Å². The van der Waals surface area contributed by atoms with Crippen molar-refractivity contribution >= 4 is 27.5 Å². The summed E-state index contributed by atoms with van der Waals surface area (Å²) in [5, 5.41) is 12.7. The van der Waals surface area contributed by atoms with E-state index in [1.165, 1.54) is 30.6 Å². The number of aliphatic hydroxyl groups excluding tert-OH is 1. The van der Waals surface area contributed by atoms with Crippen LogP contribution in [0.1, 0.15) is 32.3 Å². The fraction of sp³-hybridized carbons (Fsp3) is 0.500. The van der Waals surface area contributed by atoms with E-state index in [0.717, 1.165) is 12.8 Å². The second kappa shape index (κ2) is 11.9.